The summed E-state index contributed by atoms with van der Waals surface area (Å²) in [5.41, 5.74) is 11.9. The summed E-state index contributed by atoms with van der Waals surface area (Å²) in [6.45, 7) is 1.80. The maximum atomic E-state index is 5.90. The molecule has 1 rings (SSSR count). The van der Waals surface area contributed by atoms with Crippen molar-refractivity contribution in [3.63, 3.8) is 0 Å². The zero-order valence-corrected chi connectivity index (χ0v) is 9.88. The summed E-state index contributed by atoms with van der Waals surface area (Å²) < 4.78 is 5.19. The van der Waals surface area contributed by atoms with Crippen LogP contribution in [-0.2, 0) is 0 Å². The fourth-order valence-corrected chi connectivity index (χ4v) is 1.34. The van der Waals surface area contributed by atoms with E-state index in [2.05, 4.69) is 10.2 Å². The topological polar surface area (TPSA) is 87.6 Å². The lowest BCUT2D eigenvalue weighted by atomic mass is 10.1. The van der Waals surface area contributed by atoms with Gasteiger partial charge >= 0.3 is 5.96 Å². The summed E-state index contributed by atoms with van der Waals surface area (Å²) in [6.07, 6.45) is 0. The number of guanidine groups is 1. The van der Waals surface area contributed by atoms with Gasteiger partial charge in [0.15, 0.2) is 0 Å². The Balaban J connectivity index is 3.16. The van der Waals surface area contributed by atoms with Crippen LogP contribution >= 0.6 is 11.6 Å². The van der Waals surface area contributed by atoms with Crippen molar-refractivity contribution < 1.29 is 9.84 Å². The molecule has 0 amide bonds. The van der Waals surface area contributed by atoms with Gasteiger partial charge in [0.1, 0.15) is 5.75 Å². The molecule has 6 heteroatoms. The lowest BCUT2D eigenvalue weighted by Crippen LogP contribution is -2.72. The highest BCUT2D eigenvalue weighted by Gasteiger charge is 2.07. The molecule has 0 aliphatic carbocycles. The van der Waals surface area contributed by atoms with E-state index < -0.39 is 0 Å². The predicted octanol–water partition coefficient (Wildman–Crippen LogP) is -0.573. The van der Waals surface area contributed by atoms with Gasteiger partial charge in [-0.05, 0) is 25.1 Å². The minimum atomic E-state index is 0.0281. The van der Waals surface area contributed by atoms with Crippen molar-refractivity contribution >= 4 is 23.3 Å². The van der Waals surface area contributed by atoms with Crippen LogP contribution in [0.1, 0.15) is 12.5 Å². The van der Waals surface area contributed by atoms with Crippen LogP contribution in [0.5, 0.6) is 5.75 Å². The van der Waals surface area contributed by atoms with Gasteiger partial charge in [0.2, 0.25) is 0 Å². The van der Waals surface area contributed by atoms with Crippen molar-refractivity contribution in [3.8, 4) is 5.75 Å². The second-order valence-corrected chi connectivity index (χ2v) is 3.55. The van der Waals surface area contributed by atoms with Crippen LogP contribution in [-0.4, -0.2) is 18.8 Å². The number of halogens is 1. The third kappa shape index (κ3) is 3.13. The molecule has 1 aromatic carbocycles. The Labute approximate surface area is 98.7 Å². The van der Waals surface area contributed by atoms with E-state index in [4.69, 9.17) is 27.8 Å². The van der Waals surface area contributed by atoms with Crippen LogP contribution in [0, 0.1) is 0 Å². The predicted molar refractivity (Wildman–Crippen MR) is 64.6 cm³/mol. The van der Waals surface area contributed by atoms with E-state index in [0.717, 1.165) is 5.56 Å². The minimum Gasteiger partial charge on any atom is -0.496 e. The lowest BCUT2D eigenvalue weighted by Gasteiger charge is -2.07. The minimum absolute atomic E-state index is 0.0281. The number of nitrogens with two attached hydrogens (primary N) is 2. The summed E-state index contributed by atoms with van der Waals surface area (Å²) in [6, 6.07) is 5.27. The third-order valence-electron chi connectivity index (χ3n) is 1.90. The number of hydrogen-bond acceptors (Lipinski definition) is 2. The van der Waals surface area contributed by atoms with E-state index in [1.54, 1.807) is 32.2 Å². The molecule has 0 heterocycles. The van der Waals surface area contributed by atoms with Gasteiger partial charge in [0, 0.05) is 10.6 Å². The molecule has 0 unspecified atom stereocenters. The monoisotopic (exact) mass is 241 g/mol. The largest absolute Gasteiger partial charge is 0.496 e. The number of nitrogens with one attached hydrogen (secondary N) is 1. The van der Waals surface area contributed by atoms with E-state index in [1.807, 2.05) is 0 Å². The van der Waals surface area contributed by atoms with Crippen LogP contribution < -0.4 is 21.3 Å². The van der Waals surface area contributed by atoms with Crippen molar-refractivity contribution in [1.82, 2.24) is 0 Å². The molecule has 0 fully saturated rings. The Hall–Kier alpha value is -1.75. The smallest absolute Gasteiger partial charge is 0.362 e. The van der Waals surface area contributed by atoms with Crippen LogP contribution in [0.25, 0.3) is 0 Å². The second kappa shape index (κ2) is 5.37. The standard InChI is InChI=1S/C10H13ClN4O/c1-6(14-15-10(12)13)8-5-7(11)3-4-9(8)16-2/h3-5H,1-2H3,(H4,12,13,15)/p+1/b14-6-. The summed E-state index contributed by atoms with van der Waals surface area (Å²) in [5.74, 6) is 0.711. The van der Waals surface area contributed by atoms with E-state index in [9.17, 15) is 0 Å². The van der Waals surface area contributed by atoms with Gasteiger partial charge in [0.25, 0.3) is 0 Å². The first-order valence-electron chi connectivity index (χ1n) is 4.56. The molecule has 0 aliphatic rings. The fraction of sp³-hybridized carbons (Fsp3) is 0.200. The molecular formula is C10H14ClN4O+. The number of hydrazone groups is 1. The van der Waals surface area contributed by atoms with Crippen molar-refractivity contribution in [3.05, 3.63) is 28.8 Å². The molecule has 0 saturated heterocycles. The number of methoxy groups -OCH3 is 1. The van der Waals surface area contributed by atoms with Crippen LogP contribution in [0.2, 0.25) is 5.02 Å². The molecule has 0 spiro atoms. The molecule has 0 radical (unpaired) electrons. The first kappa shape index (κ1) is 12.3. The molecule has 0 atom stereocenters. The van der Waals surface area contributed by atoms with Gasteiger partial charge in [-0.15, -0.1) is 5.10 Å². The van der Waals surface area contributed by atoms with Gasteiger partial charge in [0.05, 0.1) is 12.8 Å². The van der Waals surface area contributed by atoms with Crippen LogP contribution in [0.3, 0.4) is 0 Å². The number of benzene rings is 1. The van der Waals surface area contributed by atoms with Crippen molar-refractivity contribution in [2.45, 2.75) is 6.92 Å². The Kier molecular flexibility index (Phi) is 4.13. The third-order valence-corrected chi connectivity index (χ3v) is 2.14. The molecule has 0 aliphatic heterocycles. The zero-order chi connectivity index (χ0) is 12.1. The van der Waals surface area contributed by atoms with E-state index >= 15 is 0 Å². The first-order valence-corrected chi connectivity index (χ1v) is 4.94. The summed E-state index contributed by atoms with van der Waals surface area (Å²) >= 11 is 5.90. The number of nitrogens with zero attached hydrogens (tertiary/aromatic N) is 1. The molecule has 5 nitrogen and oxygen atoms in total. The maximum absolute atomic E-state index is 5.90. The number of hydrogen-bond donors (Lipinski definition) is 3. The summed E-state index contributed by atoms with van der Waals surface area (Å²) in [7, 11) is 1.58. The van der Waals surface area contributed by atoms with Crippen LogP contribution in [0.4, 0.5) is 0 Å². The first-order chi connectivity index (χ1) is 7.54. The van der Waals surface area contributed by atoms with E-state index in [1.165, 1.54) is 0 Å². The van der Waals surface area contributed by atoms with Crippen molar-refractivity contribution in [2.24, 2.45) is 16.6 Å². The Morgan fingerprint density at radius 3 is 2.69 bits per heavy atom. The molecule has 16 heavy (non-hydrogen) atoms. The average Bonchev–Trinajstić information content (AvgIpc) is 2.25. The van der Waals surface area contributed by atoms with Gasteiger partial charge in [-0.3, -0.25) is 11.5 Å². The molecule has 0 bridgehead atoms. The fourth-order valence-electron chi connectivity index (χ4n) is 1.17. The molecule has 5 N–H and O–H groups in total. The normalized spacial score (nSPS) is 11.1. The molecule has 86 valence electrons. The number of ether oxygens (including phenoxy) is 1. The number of rotatable bonds is 3. The Morgan fingerprint density at radius 2 is 2.12 bits per heavy atom. The maximum Gasteiger partial charge on any atom is 0.362 e. The molecule has 1 aromatic rings. The summed E-state index contributed by atoms with van der Waals surface area (Å²) in [4.78, 5) is 0. The Morgan fingerprint density at radius 1 is 1.44 bits per heavy atom. The van der Waals surface area contributed by atoms with Gasteiger partial charge in [-0.1, -0.05) is 11.6 Å². The lowest BCUT2D eigenvalue weighted by molar-refractivity contribution is -0.464. The molecular weight excluding hydrogens is 228 g/mol. The molecule has 0 saturated carbocycles. The van der Waals surface area contributed by atoms with Crippen molar-refractivity contribution in [1.29, 1.82) is 0 Å². The quantitative estimate of drug-likeness (QED) is 0.376. The second-order valence-electron chi connectivity index (χ2n) is 3.11. The SMILES string of the molecule is COc1ccc(Cl)cc1/C(C)=N\[NH+]=C(N)N. The molecule has 0 aromatic heterocycles. The van der Waals surface area contributed by atoms with Gasteiger partial charge in [-0.2, -0.15) is 5.10 Å². The summed E-state index contributed by atoms with van der Waals surface area (Å²) in [5, 5.41) is 7.07. The highest BCUT2D eigenvalue weighted by atomic mass is 35.5. The van der Waals surface area contributed by atoms with Gasteiger partial charge < -0.3 is 4.74 Å². The van der Waals surface area contributed by atoms with Crippen molar-refractivity contribution in [2.75, 3.05) is 7.11 Å². The zero-order valence-electron chi connectivity index (χ0n) is 9.12. The highest BCUT2D eigenvalue weighted by Crippen LogP contribution is 2.22. The average molecular weight is 242 g/mol. The Bertz CT molecular complexity index is 438. The van der Waals surface area contributed by atoms with E-state index in [0.29, 0.717) is 16.5 Å². The van der Waals surface area contributed by atoms with Crippen LogP contribution in [0.15, 0.2) is 23.3 Å². The van der Waals surface area contributed by atoms with Gasteiger partial charge in [-0.25, -0.2) is 0 Å². The van der Waals surface area contributed by atoms with E-state index in [-0.39, 0.29) is 5.96 Å². The highest BCUT2D eigenvalue weighted by molar-refractivity contribution is 6.31.